The van der Waals surface area contributed by atoms with Gasteiger partial charge in [-0.2, -0.15) is 0 Å². The lowest BCUT2D eigenvalue weighted by molar-refractivity contribution is -0.159. The van der Waals surface area contributed by atoms with Gasteiger partial charge in [0, 0.05) is 25.2 Å². The lowest BCUT2D eigenvalue weighted by Crippen LogP contribution is -2.56. The molecule has 0 aromatic rings. The molecule has 0 N–H and O–H groups in total. The Morgan fingerprint density at radius 1 is 0.867 bits per heavy atom. The van der Waals surface area contributed by atoms with Crippen molar-refractivity contribution in [3.8, 4) is 0 Å². The number of hydrogen-bond donors (Lipinski definition) is 0. The van der Waals surface area contributed by atoms with Crippen LogP contribution in [0, 0.1) is 58.2 Å². The first-order valence-corrected chi connectivity index (χ1v) is 13.1. The van der Waals surface area contributed by atoms with Crippen molar-refractivity contribution >= 4 is 11.6 Å². The molecular weight excluding hydrogens is 368 g/mol. The number of rotatable bonds is 5. The number of carbonyl (C=O) groups excluding carboxylic acids is 2. The Bertz CT molecular complexity index is 680. The molecule has 2 heteroatoms. The molecule has 0 radical (unpaired) electrons. The molecule has 0 amide bonds. The van der Waals surface area contributed by atoms with Gasteiger partial charge in [-0.1, -0.05) is 54.4 Å². The van der Waals surface area contributed by atoms with Crippen LogP contribution in [-0.2, 0) is 9.59 Å². The van der Waals surface area contributed by atoms with Gasteiger partial charge in [-0.25, -0.2) is 0 Å². The van der Waals surface area contributed by atoms with Crippen LogP contribution < -0.4 is 0 Å². The van der Waals surface area contributed by atoms with Gasteiger partial charge in [0.2, 0.25) is 0 Å². The van der Waals surface area contributed by atoms with E-state index in [-0.39, 0.29) is 11.3 Å². The summed E-state index contributed by atoms with van der Waals surface area (Å²) in [7, 11) is 0. The van der Waals surface area contributed by atoms with Crippen molar-refractivity contribution in [1.29, 1.82) is 0 Å². The van der Waals surface area contributed by atoms with E-state index in [4.69, 9.17) is 0 Å². The fourth-order valence-electron chi connectivity index (χ4n) is 8.87. The van der Waals surface area contributed by atoms with Gasteiger partial charge in [0.15, 0.2) is 0 Å². The topological polar surface area (TPSA) is 34.1 Å². The average molecular weight is 415 g/mol. The fourth-order valence-corrected chi connectivity index (χ4v) is 8.87. The molecule has 170 valence electrons. The first-order valence-electron chi connectivity index (χ1n) is 13.1. The summed E-state index contributed by atoms with van der Waals surface area (Å²) in [6, 6.07) is 0. The summed E-state index contributed by atoms with van der Waals surface area (Å²) in [5, 5.41) is 0. The van der Waals surface area contributed by atoms with Crippen LogP contribution in [0.15, 0.2) is 0 Å². The quantitative estimate of drug-likeness (QED) is 0.480. The molecule has 4 aliphatic carbocycles. The van der Waals surface area contributed by atoms with E-state index >= 15 is 0 Å². The zero-order chi connectivity index (χ0) is 21.8. The lowest BCUT2D eigenvalue weighted by Gasteiger charge is -2.59. The fraction of sp³-hybridized carbons (Fsp3) is 0.929. The molecule has 0 heterocycles. The highest BCUT2D eigenvalue weighted by Crippen LogP contribution is 2.67. The van der Waals surface area contributed by atoms with E-state index in [1.807, 2.05) is 0 Å². The second kappa shape index (κ2) is 8.04. The minimum atomic E-state index is 0.0259. The van der Waals surface area contributed by atoms with E-state index in [0.717, 1.165) is 42.4 Å². The SMILES string of the molecule is CC(C)C(C)CC[C@H](C)[C@@H]1CC[C@H]2[C@H]3CC(=O)[C@@H]4CC(=O)CC[C@@]4(C)[C@H]3CC[C@@]21C. The highest BCUT2D eigenvalue weighted by atomic mass is 16.1. The van der Waals surface area contributed by atoms with Crippen LogP contribution in [-0.4, -0.2) is 11.6 Å². The molecule has 0 aromatic carbocycles. The largest absolute Gasteiger partial charge is 0.300 e. The van der Waals surface area contributed by atoms with Crippen molar-refractivity contribution in [3.63, 3.8) is 0 Å². The van der Waals surface area contributed by atoms with Crippen LogP contribution >= 0.6 is 0 Å². The van der Waals surface area contributed by atoms with Gasteiger partial charge < -0.3 is 0 Å². The zero-order valence-corrected chi connectivity index (χ0v) is 20.5. The Labute approximate surface area is 185 Å². The smallest absolute Gasteiger partial charge is 0.137 e. The highest BCUT2D eigenvalue weighted by Gasteiger charge is 2.62. The predicted molar refractivity (Wildman–Crippen MR) is 123 cm³/mol. The van der Waals surface area contributed by atoms with Gasteiger partial charge in [0.1, 0.15) is 11.6 Å². The van der Waals surface area contributed by atoms with Crippen LogP contribution in [0.3, 0.4) is 0 Å². The van der Waals surface area contributed by atoms with E-state index in [1.165, 1.54) is 38.5 Å². The van der Waals surface area contributed by atoms with E-state index in [1.54, 1.807) is 0 Å². The van der Waals surface area contributed by atoms with E-state index in [2.05, 4.69) is 41.5 Å². The molecule has 0 spiro atoms. The van der Waals surface area contributed by atoms with Gasteiger partial charge in [-0.3, -0.25) is 9.59 Å². The van der Waals surface area contributed by atoms with Crippen LogP contribution in [0.25, 0.3) is 0 Å². The summed E-state index contributed by atoms with van der Waals surface area (Å²) in [6.45, 7) is 14.6. The molecule has 4 rings (SSSR count). The second-order valence-corrected chi connectivity index (χ2v) is 12.9. The Kier molecular flexibility index (Phi) is 6.04. The maximum absolute atomic E-state index is 13.2. The molecular formula is C28H46O2. The maximum Gasteiger partial charge on any atom is 0.137 e. The summed E-state index contributed by atoms with van der Waals surface area (Å²) >= 11 is 0. The van der Waals surface area contributed by atoms with Gasteiger partial charge in [0.25, 0.3) is 0 Å². The number of fused-ring (bicyclic) bond motifs is 5. The molecule has 9 atom stereocenters. The van der Waals surface area contributed by atoms with Gasteiger partial charge >= 0.3 is 0 Å². The third-order valence-electron chi connectivity index (χ3n) is 11.3. The summed E-state index contributed by atoms with van der Waals surface area (Å²) in [6.07, 6.45) is 11.0. The first-order chi connectivity index (χ1) is 14.1. The normalized spacial score (nSPS) is 45.6. The monoisotopic (exact) mass is 414 g/mol. The molecule has 4 saturated carbocycles. The number of hydrogen-bond acceptors (Lipinski definition) is 2. The molecule has 0 saturated heterocycles. The minimum absolute atomic E-state index is 0.0259. The third-order valence-corrected chi connectivity index (χ3v) is 11.3. The molecule has 4 aliphatic rings. The first kappa shape index (κ1) is 22.5. The summed E-state index contributed by atoms with van der Waals surface area (Å²) in [4.78, 5) is 25.3. The van der Waals surface area contributed by atoms with Crippen LogP contribution in [0.1, 0.15) is 106 Å². The standard InChI is InChI=1S/C28H46O2/c1-17(2)18(3)7-8-19(4)22-9-10-23-21-16-26(30)25-15-20(29)11-13-28(25,6)24(21)12-14-27(22,23)5/h17-19,21-25H,7-16H2,1-6H3/t18?,19-,21+,22-,23-,24-,25-,27+,28-/m0/s1. The van der Waals surface area contributed by atoms with Crippen LogP contribution in [0.4, 0.5) is 0 Å². The van der Waals surface area contributed by atoms with Gasteiger partial charge in [-0.05, 0) is 84.4 Å². The Balaban J connectivity index is 1.51. The molecule has 2 nitrogen and oxygen atoms in total. The zero-order valence-electron chi connectivity index (χ0n) is 20.5. The molecule has 0 aromatic heterocycles. The van der Waals surface area contributed by atoms with Crippen molar-refractivity contribution in [2.75, 3.05) is 0 Å². The van der Waals surface area contributed by atoms with Crippen molar-refractivity contribution in [1.82, 2.24) is 0 Å². The molecule has 0 aliphatic heterocycles. The summed E-state index contributed by atoms with van der Waals surface area (Å²) in [5.41, 5.74) is 0.515. The van der Waals surface area contributed by atoms with Gasteiger partial charge in [0.05, 0.1) is 0 Å². The van der Waals surface area contributed by atoms with Crippen molar-refractivity contribution in [2.24, 2.45) is 58.2 Å². The van der Waals surface area contributed by atoms with Crippen LogP contribution in [0.2, 0.25) is 0 Å². The summed E-state index contributed by atoms with van der Waals surface area (Å²) in [5.74, 6) is 5.99. The average Bonchev–Trinajstić information content (AvgIpc) is 3.04. The van der Waals surface area contributed by atoms with E-state index in [9.17, 15) is 9.59 Å². The Hall–Kier alpha value is -0.660. The Morgan fingerprint density at radius 3 is 2.27 bits per heavy atom. The number of ketones is 2. The molecule has 4 fully saturated rings. The van der Waals surface area contributed by atoms with Crippen LogP contribution in [0.5, 0.6) is 0 Å². The Morgan fingerprint density at radius 2 is 1.57 bits per heavy atom. The molecule has 1 unspecified atom stereocenters. The second-order valence-electron chi connectivity index (χ2n) is 12.9. The molecule has 0 bridgehead atoms. The number of carbonyl (C=O) groups is 2. The van der Waals surface area contributed by atoms with E-state index in [0.29, 0.717) is 41.7 Å². The van der Waals surface area contributed by atoms with Crippen molar-refractivity contribution < 1.29 is 9.59 Å². The summed E-state index contributed by atoms with van der Waals surface area (Å²) < 4.78 is 0. The highest BCUT2D eigenvalue weighted by molar-refractivity contribution is 5.90. The van der Waals surface area contributed by atoms with E-state index < -0.39 is 0 Å². The minimum Gasteiger partial charge on any atom is -0.300 e. The maximum atomic E-state index is 13.2. The van der Waals surface area contributed by atoms with Crippen molar-refractivity contribution in [3.05, 3.63) is 0 Å². The number of Topliss-reactive ketones (excluding diaryl/α,β-unsaturated/α-hetero) is 2. The molecule has 30 heavy (non-hydrogen) atoms. The van der Waals surface area contributed by atoms with Crippen molar-refractivity contribution in [2.45, 2.75) is 106 Å². The predicted octanol–water partition coefficient (Wildman–Crippen LogP) is 7.10. The lowest BCUT2D eigenvalue weighted by atomic mass is 9.44. The van der Waals surface area contributed by atoms with Gasteiger partial charge in [-0.15, -0.1) is 0 Å². The third kappa shape index (κ3) is 3.53.